The van der Waals surface area contributed by atoms with Crippen molar-refractivity contribution in [2.75, 3.05) is 33.7 Å². The van der Waals surface area contributed by atoms with E-state index in [9.17, 15) is 0 Å². The fourth-order valence-corrected chi connectivity index (χ4v) is 8.12. The molecule has 1 aliphatic heterocycles. The van der Waals surface area contributed by atoms with Crippen LogP contribution in [0.5, 0.6) is 0 Å². The first-order valence-electron chi connectivity index (χ1n) is 19.3. The summed E-state index contributed by atoms with van der Waals surface area (Å²) in [6.07, 6.45) is 0. The first-order valence-corrected chi connectivity index (χ1v) is 19.3. The third-order valence-electron chi connectivity index (χ3n) is 10.6. The summed E-state index contributed by atoms with van der Waals surface area (Å²) in [7, 11) is 4.44. The molecule has 0 spiro atoms. The number of hydrogen-bond acceptors (Lipinski definition) is 4. The molecule has 4 heteroatoms. The van der Waals surface area contributed by atoms with Crippen LogP contribution in [0.2, 0.25) is 0 Å². The first kappa shape index (κ1) is 34.7. The summed E-state index contributed by atoms with van der Waals surface area (Å²) < 4.78 is 0. The highest BCUT2D eigenvalue weighted by Gasteiger charge is 2.21. The van der Waals surface area contributed by atoms with Crippen LogP contribution in [0.3, 0.4) is 0 Å². The van der Waals surface area contributed by atoms with E-state index in [1.165, 1.54) is 44.8 Å². The van der Waals surface area contributed by atoms with Crippen LogP contribution in [-0.4, -0.2) is 14.1 Å². The predicted molar refractivity (Wildman–Crippen MR) is 237 cm³/mol. The van der Waals surface area contributed by atoms with Crippen molar-refractivity contribution in [3.63, 3.8) is 0 Å². The summed E-state index contributed by atoms with van der Waals surface area (Å²) >= 11 is 0. The minimum atomic E-state index is 0.722. The summed E-state index contributed by atoms with van der Waals surface area (Å²) in [6.45, 7) is 1.44. The van der Waals surface area contributed by atoms with Gasteiger partial charge in [0.05, 0.1) is 0 Å². The Morgan fingerprint density at radius 1 is 0.321 bits per heavy atom. The van der Waals surface area contributed by atoms with Crippen LogP contribution in [0.4, 0.5) is 45.5 Å². The van der Waals surface area contributed by atoms with Gasteiger partial charge in [-0.2, -0.15) is 0 Å². The Morgan fingerprint density at radius 3 is 0.964 bits per heavy atom. The Hall–Kier alpha value is -7.04. The van der Waals surface area contributed by atoms with Crippen LogP contribution in [0.1, 0.15) is 11.1 Å². The van der Waals surface area contributed by atoms with E-state index >= 15 is 0 Å². The lowest BCUT2D eigenvalue weighted by atomic mass is 9.96. The smallest absolute Gasteiger partial charge is 0.0471 e. The second kappa shape index (κ2) is 15.4. The monoisotopic (exact) mass is 724 g/mol. The highest BCUT2D eigenvalue weighted by Crippen LogP contribution is 2.43. The zero-order valence-electron chi connectivity index (χ0n) is 31.8. The van der Waals surface area contributed by atoms with Crippen LogP contribution in [0.25, 0.3) is 22.3 Å². The maximum atomic E-state index is 2.40. The van der Waals surface area contributed by atoms with Crippen molar-refractivity contribution in [1.29, 1.82) is 0 Å². The van der Waals surface area contributed by atoms with Gasteiger partial charge in [0.25, 0.3) is 0 Å². The van der Waals surface area contributed by atoms with Gasteiger partial charge in [-0.15, -0.1) is 0 Å². The van der Waals surface area contributed by atoms with Crippen molar-refractivity contribution in [3.8, 4) is 22.3 Å². The van der Waals surface area contributed by atoms with Gasteiger partial charge in [0, 0.05) is 83.8 Å². The van der Waals surface area contributed by atoms with Crippen molar-refractivity contribution < 1.29 is 0 Å². The van der Waals surface area contributed by atoms with Crippen LogP contribution < -0.4 is 19.6 Å². The Kier molecular flexibility index (Phi) is 9.53. The lowest BCUT2D eigenvalue weighted by molar-refractivity contribution is 0.917. The Balaban J connectivity index is 1.24. The summed E-state index contributed by atoms with van der Waals surface area (Å²) in [5.74, 6) is 0. The molecule has 272 valence electrons. The van der Waals surface area contributed by atoms with E-state index in [-0.39, 0.29) is 0 Å². The average Bonchev–Trinajstić information content (AvgIpc) is 3.25. The molecular weight excluding hydrogens is 681 g/mol. The molecule has 0 atom stereocenters. The number of anilines is 8. The fraction of sp³-hybridized carbons (Fsp3) is 0.0769. The molecule has 56 heavy (non-hydrogen) atoms. The standard InChI is InChI=1S/C52H44N4/c1-53-37-39-31-42(36-47(33-39)55(43-19-7-3-8-20-43)44-21-9-4-10-22-44)50-28-16-18-30-52(50)54(2)38-40-32-41(49-27-15-17-29-51(49)53)35-48(34-40)56(45-23-11-5-12-24-45)46-25-13-6-14-26-46/h3-36H,37-38H2,1-2H3. The molecule has 0 saturated heterocycles. The minimum Gasteiger partial charge on any atom is -0.370 e. The largest absolute Gasteiger partial charge is 0.370 e. The number of hydrogen-bond donors (Lipinski definition) is 0. The Labute approximate surface area is 330 Å². The van der Waals surface area contributed by atoms with Crippen LogP contribution >= 0.6 is 0 Å². The second-order valence-corrected chi connectivity index (χ2v) is 14.5. The Bertz CT molecular complexity index is 2310. The minimum absolute atomic E-state index is 0.722. The molecule has 9 rings (SSSR count). The summed E-state index contributed by atoms with van der Waals surface area (Å²) in [4.78, 5) is 9.54. The van der Waals surface area contributed by atoms with E-state index in [1.807, 2.05) is 0 Å². The van der Waals surface area contributed by atoms with Gasteiger partial charge in [-0.25, -0.2) is 0 Å². The van der Waals surface area contributed by atoms with E-state index in [0.717, 1.165) is 47.2 Å². The topological polar surface area (TPSA) is 13.0 Å². The normalized spacial score (nSPS) is 12.2. The molecule has 0 aliphatic carbocycles. The third-order valence-corrected chi connectivity index (χ3v) is 10.6. The first-order chi connectivity index (χ1) is 27.6. The van der Waals surface area contributed by atoms with Crippen molar-refractivity contribution in [2.24, 2.45) is 0 Å². The lowest BCUT2D eigenvalue weighted by Gasteiger charge is -2.30. The maximum absolute atomic E-state index is 2.40. The predicted octanol–water partition coefficient (Wildman–Crippen LogP) is 13.5. The molecule has 8 aromatic carbocycles. The van der Waals surface area contributed by atoms with E-state index in [2.05, 4.69) is 240 Å². The molecule has 0 N–H and O–H groups in total. The molecule has 1 heterocycles. The quantitative estimate of drug-likeness (QED) is 0.169. The van der Waals surface area contributed by atoms with E-state index < -0.39 is 0 Å². The number of fused-ring (bicyclic) bond motifs is 8. The summed E-state index contributed by atoms with van der Waals surface area (Å²) in [5.41, 5.74) is 16.3. The van der Waals surface area contributed by atoms with Gasteiger partial charge in [-0.05, 0) is 119 Å². The van der Waals surface area contributed by atoms with Gasteiger partial charge in [-0.3, -0.25) is 0 Å². The molecule has 4 bridgehead atoms. The van der Waals surface area contributed by atoms with Crippen molar-refractivity contribution in [2.45, 2.75) is 13.1 Å². The summed E-state index contributed by atoms with van der Waals surface area (Å²) in [6, 6.07) is 74.6. The molecule has 0 fully saturated rings. The van der Waals surface area contributed by atoms with Gasteiger partial charge in [0.1, 0.15) is 0 Å². The van der Waals surface area contributed by atoms with Gasteiger partial charge in [0.15, 0.2) is 0 Å². The van der Waals surface area contributed by atoms with E-state index in [0.29, 0.717) is 0 Å². The molecule has 0 saturated carbocycles. The van der Waals surface area contributed by atoms with Crippen molar-refractivity contribution >= 4 is 45.5 Å². The van der Waals surface area contributed by atoms with Crippen molar-refractivity contribution in [3.05, 3.63) is 217 Å². The third kappa shape index (κ3) is 7.01. The SMILES string of the molecule is CN1Cc2cc(cc(N(c3ccccc3)c3ccccc3)c2)-c2ccccc2N(C)Cc2cc(cc(N(c3ccccc3)c3ccccc3)c2)-c2ccccc21. The number of benzene rings is 8. The molecule has 8 aromatic rings. The van der Waals surface area contributed by atoms with E-state index in [4.69, 9.17) is 0 Å². The number of para-hydroxylation sites is 6. The zero-order valence-corrected chi connectivity index (χ0v) is 31.8. The van der Waals surface area contributed by atoms with E-state index in [1.54, 1.807) is 0 Å². The fourth-order valence-electron chi connectivity index (χ4n) is 8.12. The highest BCUT2D eigenvalue weighted by atomic mass is 15.2. The van der Waals surface area contributed by atoms with Gasteiger partial charge >= 0.3 is 0 Å². The molecule has 4 nitrogen and oxygen atoms in total. The van der Waals surface area contributed by atoms with Crippen LogP contribution in [0, 0.1) is 0 Å². The lowest BCUT2D eigenvalue weighted by Crippen LogP contribution is -2.20. The van der Waals surface area contributed by atoms with Gasteiger partial charge in [0.2, 0.25) is 0 Å². The molecule has 0 aromatic heterocycles. The maximum Gasteiger partial charge on any atom is 0.0471 e. The van der Waals surface area contributed by atoms with Crippen molar-refractivity contribution in [1.82, 2.24) is 0 Å². The highest BCUT2D eigenvalue weighted by molar-refractivity contribution is 5.87. The average molecular weight is 725 g/mol. The van der Waals surface area contributed by atoms with Crippen LogP contribution in [0.15, 0.2) is 206 Å². The Morgan fingerprint density at radius 2 is 0.625 bits per heavy atom. The van der Waals surface area contributed by atoms with Gasteiger partial charge in [-0.1, -0.05) is 109 Å². The molecular formula is C52H44N4. The molecule has 0 radical (unpaired) electrons. The molecule has 0 amide bonds. The molecule has 1 aliphatic rings. The summed E-state index contributed by atoms with van der Waals surface area (Å²) in [5, 5.41) is 0. The zero-order chi connectivity index (χ0) is 37.8. The van der Waals surface area contributed by atoms with Crippen LogP contribution in [-0.2, 0) is 13.1 Å². The number of nitrogens with zero attached hydrogens (tertiary/aromatic N) is 4. The molecule has 0 unspecified atom stereocenters. The number of rotatable bonds is 6. The van der Waals surface area contributed by atoms with Gasteiger partial charge < -0.3 is 19.6 Å². The second-order valence-electron chi connectivity index (χ2n) is 14.5.